The molecule has 6 heteroatoms. The zero-order valence-electron chi connectivity index (χ0n) is 16.5. The smallest absolute Gasteiger partial charge is 0.348 e. The van der Waals surface area contributed by atoms with Gasteiger partial charge in [-0.25, -0.2) is 9.78 Å². The minimum atomic E-state index is -0.942. The molecule has 0 radical (unpaired) electrons. The molecule has 3 aromatic rings. The summed E-state index contributed by atoms with van der Waals surface area (Å²) in [4.78, 5) is 22.6. The fraction of sp³-hybridized carbons (Fsp3) is 0.348. The van der Waals surface area contributed by atoms with Crippen molar-refractivity contribution in [2.45, 2.75) is 46.0 Å². The van der Waals surface area contributed by atoms with Crippen LogP contribution in [0.5, 0.6) is 0 Å². The molecule has 0 atom stereocenters. The van der Waals surface area contributed by atoms with Crippen LogP contribution in [-0.4, -0.2) is 21.8 Å². The average Bonchev–Trinajstić information content (AvgIpc) is 3.07. The number of nitrogens with zero attached hydrogens (tertiary/aromatic N) is 2. The Morgan fingerprint density at radius 2 is 1.90 bits per heavy atom. The molecule has 1 saturated carbocycles. The van der Waals surface area contributed by atoms with E-state index in [9.17, 15) is 9.90 Å². The van der Waals surface area contributed by atoms with Gasteiger partial charge in [0.25, 0.3) is 0 Å². The monoisotopic (exact) mass is 470 g/mol. The van der Waals surface area contributed by atoms with E-state index in [2.05, 4.69) is 20.9 Å². The van der Waals surface area contributed by atoms with E-state index >= 15 is 0 Å². The molecular formula is C23H23BrN2O2S. The molecule has 1 aliphatic rings. The van der Waals surface area contributed by atoms with Gasteiger partial charge in [-0.15, -0.1) is 11.3 Å². The van der Waals surface area contributed by atoms with Crippen molar-refractivity contribution < 1.29 is 9.90 Å². The van der Waals surface area contributed by atoms with Gasteiger partial charge in [0.05, 0.1) is 5.69 Å². The van der Waals surface area contributed by atoms with Crippen LogP contribution in [0, 0.1) is 12.8 Å². The third-order valence-corrected chi connectivity index (χ3v) is 7.19. The first-order valence-electron chi connectivity index (χ1n) is 9.92. The zero-order chi connectivity index (χ0) is 20.5. The normalized spacial score (nSPS) is 15.8. The fourth-order valence-corrected chi connectivity index (χ4v) is 5.39. The van der Waals surface area contributed by atoms with E-state index in [1.54, 1.807) is 0 Å². The Balaban J connectivity index is 1.95. The first-order valence-corrected chi connectivity index (χ1v) is 11.5. The number of aryl methyl sites for hydroxylation is 1. The number of aromatic nitrogens is 1. The third-order valence-electron chi connectivity index (χ3n) is 5.60. The minimum Gasteiger partial charge on any atom is -0.477 e. The number of pyridine rings is 1. The van der Waals surface area contributed by atoms with Gasteiger partial charge in [-0.1, -0.05) is 47.3 Å². The molecular weight excluding hydrogens is 448 g/mol. The van der Waals surface area contributed by atoms with Crippen molar-refractivity contribution in [2.75, 3.05) is 0 Å². The Labute approximate surface area is 182 Å². The maximum absolute atomic E-state index is 12.0. The number of carboxylic acids is 1. The van der Waals surface area contributed by atoms with Crippen molar-refractivity contribution in [2.24, 2.45) is 10.9 Å². The van der Waals surface area contributed by atoms with E-state index in [1.807, 2.05) is 44.2 Å². The van der Waals surface area contributed by atoms with Crippen LogP contribution in [0.15, 0.2) is 39.8 Å². The van der Waals surface area contributed by atoms with Crippen molar-refractivity contribution in [3.63, 3.8) is 0 Å². The van der Waals surface area contributed by atoms with Gasteiger partial charge in [0.2, 0.25) is 0 Å². The molecule has 0 spiro atoms. The predicted octanol–water partition coefficient (Wildman–Crippen LogP) is 7.41. The largest absolute Gasteiger partial charge is 0.477 e. The van der Waals surface area contributed by atoms with Crippen molar-refractivity contribution in [1.82, 2.24) is 4.98 Å². The molecule has 1 fully saturated rings. The summed E-state index contributed by atoms with van der Waals surface area (Å²) in [6.07, 6.45) is 5.99. The highest BCUT2D eigenvalue weighted by Crippen LogP contribution is 2.44. The lowest BCUT2D eigenvalue weighted by Crippen LogP contribution is -2.14. The molecule has 0 unspecified atom stereocenters. The summed E-state index contributed by atoms with van der Waals surface area (Å²) in [6, 6.07) is 10.1. The Bertz CT molecular complexity index is 1100. The van der Waals surface area contributed by atoms with Crippen LogP contribution in [0.25, 0.3) is 21.3 Å². The van der Waals surface area contributed by atoms with Crippen LogP contribution in [0.1, 0.15) is 54.4 Å². The molecule has 1 aliphatic carbocycles. The van der Waals surface area contributed by atoms with Gasteiger partial charge >= 0.3 is 5.97 Å². The molecule has 1 N–H and O–H groups in total. The summed E-state index contributed by atoms with van der Waals surface area (Å²) in [5.41, 5.74) is 4.48. The van der Waals surface area contributed by atoms with E-state index in [1.165, 1.54) is 30.6 Å². The fourth-order valence-electron chi connectivity index (χ4n) is 4.10. The van der Waals surface area contributed by atoms with Gasteiger partial charge in [0.15, 0.2) is 0 Å². The van der Waals surface area contributed by atoms with Crippen molar-refractivity contribution >= 4 is 54.9 Å². The van der Waals surface area contributed by atoms with Crippen molar-refractivity contribution in [3.8, 4) is 11.1 Å². The molecule has 0 saturated heterocycles. The lowest BCUT2D eigenvalue weighted by atomic mass is 9.86. The van der Waals surface area contributed by atoms with Gasteiger partial charge in [-0.05, 0) is 61.9 Å². The maximum Gasteiger partial charge on any atom is 0.348 e. The molecule has 29 heavy (non-hydrogen) atoms. The minimum absolute atomic E-state index is 0.270. The van der Waals surface area contributed by atoms with Crippen LogP contribution < -0.4 is 0 Å². The number of carboxylic acid groups (broad SMARTS) is 1. The Kier molecular flexibility index (Phi) is 5.83. The van der Waals surface area contributed by atoms with E-state index in [4.69, 9.17) is 4.99 Å². The number of carbonyl (C=O) groups is 1. The summed E-state index contributed by atoms with van der Waals surface area (Å²) >= 11 is 4.71. The number of hydrogen-bond acceptors (Lipinski definition) is 4. The summed E-state index contributed by atoms with van der Waals surface area (Å²) in [5.74, 6) is -0.502. The van der Waals surface area contributed by atoms with Gasteiger partial charge in [-0.2, -0.15) is 0 Å². The molecule has 150 valence electrons. The number of benzene rings is 1. The van der Waals surface area contributed by atoms with Crippen LogP contribution in [0.2, 0.25) is 0 Å². The Morgan fingerprint density at radius 1 is 1.21 bits per heavy atom. The first kappa shape index (κ1) is 20.2. The topological polar surface area (TPSA) is 62.5 Å². The third kappa shape index (κ3) is 4.14. The quantitative estimate of drug-likeness (QED) is 0.403. The van der Waals surface area contributed by atoms with Gasteiger partial charge in [0.1, 0.15) is 9.71 Å². The second kappa shape index (κ2) is 8.36. The van der Waals surface area contributed by atoms with Gasteiger partial charge < -0.3 is 5.11 Å². The Morgan fingerprint density at radius 3 is 2.55 bits per heavy atom. The Hall–Kier alpha value is -2.05. The lowest BCUT2D eigenvalue weighted by Gasteiger charge is -2.21. The molecule has 0 aliphatic heterocycles. The van der Waals surface area contributed by atoms with Gasteiger partial charge in [0, 0.05) is 21.3 Å². The molecule has 2 aromatic heterocycles. The predicted molar refractivity (Wildman–Crippen MR) is 124 cm³/mol. The summed E-state index contributed by atoms with van der Waals surface area (Å²) in [5, 5.41) is 10.7. The number of fused-ring (bicyclic) bond motifs is 1. The molecule has 1 aromatic carbocycles. The first-order chi connectivity index (χ1) is 13.9. The van der Waals surface area contributed by atoms with Gasteiger partial charge in [-0.3, -0.25) is 4.99 Å². The van der Waals surface area contributed by atoms with E-state index in [0.29, 0.717) is 11.6 Å². The second-order valence-corrected chi connectivity index (χ2v) is 9.59. The van der Waals surface area contributed by atoms with E-state index < -0.39 is 5.97 Å². The van der Waals surface area contributed by atoms with E-state index in [0.717, 1.165) is 50.1 Å². The zero-order valence-corrected chi connectivity index (χ0v) is 18.9. The number of thiophene rings is 1. The number of aliphatic imine (C=N–C) groups is 1. The highest BCUT2D eigenvalue weighted by molar-refractivity contribution is 9.10. The molecule has 4 nitrogen and oxygen atoms in total. The average molecular weight is 471 g/mol. The number of aromatic carboxylic acids is 1. The number of hydrogen-bond donors (Lipinski definition) is 1. The number of rotatable bonds is 4. The summed E-state index contributed by atoms with van der Waals surface area (Å²) in [6.45, 7) is 3.99. The molecule has 2 heterocycles. The maximum atomic E-state index is 12.0. The van der Waals surface area contributed by atoms with Crippen molar-refractivity contribution in [3.05, 3.63) is 45.4 Å². The van der Waals surface area contributed by atoms with Crippen molar-refractivity contribution in [1.29, 1.82) is 0 Å². The van der Waals surface area contributed by atoms with Crippen LogP contribution in [0.3, 0.4) is 0 Å². The van der Waals surface area contributed by atoms with Crippen LogP contribution in [-0.2, 0) is 0 Å². The molecule has 0 bridgehead atoms. The summed E-state index contributed by atoms with van der Waals surface area (Å²) in [7, 11) is 0. The van der Waals surface area contributed by atoms with Crippen LogP contribution >= 0.6 is 27.3 Å². The van der Waals surface area contributed by atoms with Crippen LogP contribution in [0.4, 0.5) is 5.69 Å². The lowest BCUT2D eigenvalue weighted by molar-refractivity contribution is 0.0703. The molecule has 0 amide bonds. The highest BCUT2D eigenvalue weighted by atomic mass is 79.9. The highest BCUT2D eigenvalue weighted by Gasteiger charge is 2.24. The second-order valence-electron chi connectivity index (χ2n) is 7.67. The standard InChI is InChI=1S/C23H23BrN2O2S/c1-13-12-18(16-8-10-17(24)11-9-16)19-20(21(23(27)28)29-22(19)25-13)26-14(2)15-6-4-3-5-7-15/h8-12,15H,3-7H2,1-2H3,(H,27,28). The van der Waals surface area contributed by atoms with E-state index in [-0.39, 0.29) is 4.88 Å². The number of halogens is 1. The summed E-state index contributed by atoms with van der Waals surface area (Å²) < 4.78 is 1.01. The SMILES string of the molecule is CC(=Nc1c(C(=O)O)sc2nc(C)cc(-c3ccc(Br)cc3)c12)C1CCCCC1. The molecule has 4 rings (SSSR count).